The first-order valence-electron chi connectivity index (χ1n) is 37.7. The third-order valence-electron chi connectivity index (χ3n) is 18.8. The van der Waals surface area contributed by atoms with Gasteiger partial charge in [0.2, 0.25) is 29.5 Å². The molecule has 3 aliphatic heterocycles. The summed E-state index contributed by atoms with van der Waals surface area (Å²) in [5, 5.41) is 13.3. The molecule has 7 heterocycles. The second-order valence-corrected chi connectivity index (χ2v) is 38.2. The molecule has 0 saturated carbocycles. The van der Waals surface area contributed by atoms with Gasteiger partial charge in [0.15, 0.2) is 0 Å². The average Bonchev–Trinajstić information content (AvgIpc) is 1.53. The summed E-state index contributed by atoms with van der Waals surface area (Å²) >= 11 is 8.24. The van der Waals surface area contributed by atoms with Crippen molar-refractivity contribution < 1.29 is 62.5 Å². The number of ether oxygens (including phenoxy) is 3. The van der Waals surface area contributed by atoms with E-state index in [2.05, 4.69) is 113 Å². The van der Waals surface area contributed by atoms with E-state index in [1.807, 2.05) is 102 Å². The Labute approximate surface area is 677 Å². The molecule has 0 aromatic carbocycles. The number of methoxy groups -OCH3 is 3. The molecular formula is C86H113BrN6O13S4. The summed E-state index contributed by atoms with van der Waals surface area (Å²) < 4.78 is 15.4. The fourth-order valence-electron chi connectivity index (χ4n) is 13.0. The van der Waals surface area contributed by atoms with Crippen molar-refractivity contribution in [2.24, 2.45) is 45.3 Å². The smallest absolute Gasteiger partial charge is 0.350 e. The Hall–Kier alpha value is -7.97. The van der Waals surface area contributed by atoms with Crippen LogP contribution in [0.5, 0.6) is 0 Å². The number of carbonyl (C=O) groups is 9. The monoisotopic (exact) mass is 1640 g/mol. The summed E-state index contributed by atoms with van der Waals surface area (Å²) in [4.78, 5) is 129. The minimum Gasteiger partial charge on any atom is -0.477 e. The lowest BCUT2D eigenvalue weighted by Crippen LogP contribution is -2.52. The highest BCUT2D eigenvalue weighted by molar-refractivity contribution is 9.10. The quantitative estimate of drug-likeness (QED) is 0.0582. The first kappa shape index (κ1) is 90.9. The lowest BCUT2D eigenvalue weighted by molar-refractivity contribution is -0.134. The number of likely N-dealkylation sites (tertiary alicyclic amines) is 3. The van der Waals surface area contributed by atoms with Crippen LogP contribution in [0.15, 0.2) is 52.0 Å². The van der Waals surface area contributed by atoms with Crippen molar-refractivity contribution in [3.05, 3.63) is 91.1 Å². The first-order valence-corrected chi connectivity index (χ1v) is 41.7. The molecular weight excluding hydrogens is 1530 g/mol. The summed E-state index contributed by atoms with van der Waals surface area (Å²) in [6.07, 6.45) is 14.3. The zero-order valence-electron chi connectivity index (χ0n) is 68.4. The van der Waals surface area contributed by atoms with Crippen LogP contribution >= 0.6 is 61.3 Å². The van der Waals surface area contributed by atoms with Gasteiger partial charge in [-0.25, -0.2) is 19.2 Å². The number of carboxylic acids is 1. The van der Waals surface area contributed by atoms with Crippen LogP contribution in [0.4, 0.5) is 17.1 Å². The van der Waals surface area contributed by atoms with Gasteiger partial charge in [0.1, 0.15) is 37.6 Å². The third-order valence-corrected chi connectivity index (χ3v) is 23.7. The lowest BCUT2D eigenvalue weighted by atomic mass is 9.80. The Morgan fingerprint density at radius 1 is 0.491 bits per heavy atom. The summed E-state index contributed by atoms with van der Waals surface area (Å²) in [5.74, 6) is 22.0. The van der Waals surface area contributed by atoms with Crippen LogP contribution in [0.2, 0.25) is 0 Å². The van der Waals surface area contributed by atoms with Crippen LogP contribution in [-0.2, 0) is 38.2 Å². The van der Waals surface area contributed by atoms with Gasteiger partial charge >= 0.3 is 23.9 Å². The zero-order valence-corrected chi connectivity index (χ0v) is 73.3. The van der Waals surface area contributed by atoms with Crippen LogP contribution in [0.25, 0.3) is 0 Å². The third kappa shape index (κ3) is 26.3. The average molecular weight is 1650 g/mol. The molecule has 2 aliphatic carbocycles. The number of aromatic carboxylic acids is 1. The number of carbonyl (C=O) groups excluding carboxylic acids is 8. The number of esters is 3. The van der Waals surface area contributed by atoms with Gasteiger partial charge in [0.25, 0.3) is 0 Å². The maximum absolute atomic E-state index is 14.2. The van der Waals surface area contributed by atoms with Gasteiger partial charge in [-0.15, -0.1) is 45.3 Å². The molecule has 3 saturated heterocycles. The van der Waals surface area contributed by atoms with E-state index in [4.69, 9.17) is 9.47 Å². The van der Waals surface area contributed by atoms with E-state index in [-0.39, 0.29) is 91.8 Å². The Kier molecular flexibility index (Phi) is 33.0. The topological polar surface area (TPSA) is 230 Å². The summed E-state index contributed by atoms with van der Waals surface area (Å²) in [7, 11) is 9.42. The highest BCUT2D eigenvalue weighted by atomic mass is 79.9. The van der Waals surface area contributed by atoms with Crippen molar-refractivity contribution in [2.45, 2.75) is 212 Å². The second-order valence-electron chi connectivity index (χ2n) is 33.1. The number of allylic oxidation sites excluding steroid dienone is 4. The maximum Gasteiger partial charge on any atom is 0.350 e. The van der Waals surface area contributed by atoms with E-state index in [1.54, 1.807) is 45.8 Å². The highest BCUT2D eigenvalue weighted by Gasteiger charge is 2.44. The number of hydrogen-bond acceptors (Lipinski definition) is 17. The van der Waals surface area contributed by atoms with Gasteiger partial charge in [-0.1, -0.05) is 84.5 Å². The molecule has 7 atom stereocenters. The number of nitrogens with one attached hydrogen (secondary N) is 1. The number of likely N-dealkylation sites (N-methyl/N-ethyl adjacent to an activating group) is 3. The zero-order chi connectivity index (χ0) is 82.1. The Balaban J connectivity index is 0.000000237. The number of amides is 5. The summed E-state index contributed by atoms with van der Waals surface area (Å²) in [5.41, 5.74) is 3.29. The van der Waals surface area contributed by atoms with Crippen LogP contribution in [0.1, 0.15) is 252 Å². The second kappa shape index (κ2) is 40.0. The van der Waals surface area contributed by atoms with Crippen LogP contribution in [-0.4, -0.2) is 153 Å². The van der Waals surface area contributed by atoms with E-state index >= 15 is 0 Å². The molecule has 0 bridgehead atoms. The number of anilines is 3. The number of thiophene rings is 4. The van der Waals surface area contributed by atoms with E-state index in [1.165, 1.54) is 71.4 Å². The molecule has 0 spiro atoms. The number of nitrogens with zero attached hydrogens (tertiary/aromatic N) is 5. The van der Waals surface area contributed by atoms with Crippen molar-refractivity contribution in [3.8, 4) is 47.4 Å². The molecule has 596 valence electrons. The predicted molar refractivity (Wildman–Crippen MR) is 447 cm³/mol. The molecule has 4 aromatic rings. The van der Waals surface area contributed by atoms with Gasteiger partial charge in [0, 0.05) is 78.7 Å². The molecule has 9 rings (SSSR count). The summed E-state index contributed by atoms with van der Waals surface area (Å²) in [6, 6.07) is 5.47. The Bertz CT molecular complexity index is 4360. The largest absolute Gasteiger partial charge is 0.477 e. The predicted octanol–water partition coefficient (Wildman–Crippen LogP) is 17.5. The minimum atomic E-state index is -1.11. The van der Waals surface area contributed by atoms with Gasteiger partial charge < -0.3 is 39.3 Å². The van der Waals surface area contributed by atoms with Crippen molar-refractivity contribution >= 4 is 132 Å². The molecule has 110 heavy (non-hydrogen) atoms. The van der Waals surface area contributed by atoms with Crippen molar-refractivity contribution in [3.63, 3.8) is 0 Å². The van der Waals surface area contributed by atoms with Crippen molar-refractivity contribution in [2.75, 3.05) is 77.2 Å². The van der Waals surface area contributed by atoms with Crippen molar-refractivity contribution in [1.82, 2.24) is 14.7 Å². The van der Waals surface area contributed by atoms with E-state index < -0.39 is 30.0 Å². The Morgan fingerprint density at radius 2 is 0.827 bits per heavy atom. The van der Waals surface area contributed by atoms with Crippen LogP contribution in [0.3, 0.4) is 0 Å². The standard InChI is InChI=1S/C28H38N2O4S.C27H36N2O4S.C19H26N2O3S.C12H13BrO2S/c1-18-11-12-21(19(2)16-18)25(31)30(22-10-8-9-15-29(6)26(22)32)23-17-20(13-14-28(3,4)5)35-24(23)27(33)34-7;1-17-10-11-20(18(2)15-17)24(30)29(21-9-7-8-14-28(6)25(21)31)22-16-19(12-13-27(3,4)5)34-23(22)26(32)33;1-19(2,3)10-9-13-12-15(16(25-13)18(23)24-5)20-14-8-6-7-11-21(4)17(14)22;1-12(2,3)6-5-8-7-9(13)10(16-8)11(14)15-4/h11,17,19,21-22H,8-10,12,15-16H2,1-7H3;10,16,18,20-21H,7-9,11,14-15H2,1-6H3,(H,32,33);12,14,20H,6-8,11H2,1-5H3;7H,1-4H3/t19-,21?,22-;18-,20?,21-;14-;/m000./s1. The summed E-state index contributed by atoms with van der Waals surface area (Å²) in [6.45, 7) is 34.6. The van der Waals surface area contributed by atoms with E-state index in [0.29, 0.717) is 80.2 Å². The number of carboxylic acid groups (broad SMARTS) is 1. The van der Waals surface area contributed by atoms with E-state index in [0.717, 1.165) is 89.9 Å². The molecule has 24 heteroatoms. The molecule has 0 radical (unpaired) electrons. The van der Waals surface area contributed by atoms with Crippen molar-refractivity contribution in [1.29, 1.82) is 0 Å². The van der Waals surface area contributed by atoms with Gasteiger partial charge in [-0.2, -0.15) is 0 Å². The molecule has 3 fully saturated rings. The first-order chi connectivity index (χ1) is 51.3. The minimum absolute atomic E-state index is 0.0398. The lowest BCUT2D eigenvalue weighted by Gasteiger charge is -2.37. The van der Waals surface area contributed by atoms with Gasteiger partial charge in [-0.3, -0.25) is 33.8 Å². The molecule has 5 amide bonds. The van der Waals surface area contributed by atoms with Crippen LogP contribution < -0.4 is 15.1 Å². The van der Waals surface area contributed by atoms with Crippen LogP contribution in [0, 0.1) is 92.7 Å². The number of hydrogen-bond donors (Lipinski definition) is 2. The Morgan fingerprint density at radius 3 is 1.22 bits per heavy atom. The highest BCUT2D eigenvalue weighted by Crippen LogP contribution is 2.42. The number of rotatable bonds is 12. The van der Waals surface area contributed by atoms with Gasteiger partial charge in [0.05, 0.1) is 57.9 Å². The van der Waals surface area contributed by atoms with E-state index in [9.17, 15) is 48.3 Å². The molecule has 5 aliphatic rings. The molecule has 19 nitrogen and oxygen atoms in total. The fourth-order valence-corrected chi connectivity index (χ4v) is 17.2. The maximum atomic E-state index is 14.2. The van der Waals surface area contributed by atoms with Gasteiger partial charge in [-0.05, 0) is 232 Å². The SMILES string of the molecule is CC1=CCC(C(=O)N(c2cc(C#CC(C)(C)C)sc2C(=O)O)[C@H]2CCCCN(C)C2=O)[C@@H](C)C1.COC(=O)c1sc(C#CC(C)(C)C)cc1Br.COC(=O)c1sc(C#CC(C)(C)C)cc1N(C(=O)C1CC=C(C)C[C@@H]1C)[C@H]1CCCCN(C)C1=O.COC(=O)c1sc(C#CC(C)(C)C)cc1N[C@H]1CCCCN(C)C1=O. The molecule has 4 aromatic heterocycles. The normalized spacial score (nSPS) is 20.3. The molecule has 2 N–H and O–H groups in total. The fraction of sp³-hybridized carbons (Fsp3) is 0.570. The molecule has 2 unspecified atom stereocenters. The number of halogens is 1.